The molecule has 1 saturated heterocycles. The molecule has 0 spiro atoms. The zero-order valence-corrected chi connectivity index (χ0v) is 17.8. The average Bonchev–Trinajstić information content (AvgIpc) is 2.65. The van der Waals surface area contributed by atoms with Crippen molar-refractivity contribution in [2.75, 3.05) is 51.2 Å². The number of hydrogen-bond acceptors (Lipinski definition) is 3. The molecule has 1 aliphatic heterocycles. The van der Waals surface area contributed by atoms with Crippen molar-refractivity contribution in [3.63, 3.8) is 0 Å². The Labute approximate surface area is 172 Å². The predicted octanol–water partition coefficient (Wildman–Crippen LogP) is 3.95. The van der Waals surface area contributed by atoms with Crippen LogP contribution in [0.25, 0.3) is 0 Å². The summed E-state index contributed by atoms with van der Waals surface area (Å²) in [5.41, 5.74) is 1.04. The number of urea groups is 1. The van der Waals surface area contributed by atoms with Crippen LogP contribution in [0.3, 0.4) is 0 Å². The predicted molar refractivity (Wildman–Crippen MR) is 113 cm³/mol. The van der Waals surface area contributed by atoms with Crippen molar-refractivity contribution in [3.8, 4) is 0 Å². The van der Waals surface area contributed by atoms with Gasteiger partial charge in [-0.15, -0.1) is 0 Å². The fraction of sp³-hybridized carbons (Fsp3) is 0.650. The monoisotopic (exact) mass is 412 g/mol. The molecule has 2 aliphatic rings. The van der Waals surface area contributed by atoms with Crippen molar-refractivity contribution in [3.05, 3.63) is 28.2 Å². The standard InChI is InChI=1S/C20H30Cl2N4O/c1-3-24(2)20(27)23-16-13-15(14-16)7-8-25-9-11-26(12-10-25)18-6-4-5-17(21)19(18)22/h4-6,15-16H,3,7-14H2,1-2H3,(H,23,27). The molecule has 0 bridgehead atoms. The van der Waals surface area contributed by atoms with E-state index < -0.39 is 0 Å². The minimum atomic E-state index is 0.0525. The van der Waals surface area contributed by atoms with E-state index in [2.05, 4.69) is 15.1 Å². The summed E-state index contributed by atoms with van der Waals surface area (Å²) in [6.07, 6.45) is 3.44. The van der Waals surface area contributed by atoms with Gasteiger partial charge < -0.3 is 15.1 Å². The fourth-order valence-electron chi connectivity index (χ4n) is 3.83. The van der Waals surface area contributed by atoms with Gasteiger partial charge in [0.2, 0.25) is 0 Å². The van der Waals surface area contributed by atoms with Gasteiger partial charge in [-0.2, -0.15) is 0 Å². The van der Waals surface area contributed by atoms with Crippen molar-refractivity contribution in [1.29, 1.82) is 0 Å². The number of halogens is 2. The molecule has 0 unspecified atom stereocenters. The highest BCUT2D eigenvalue weighted by molar-refractivity contribution is 6.43. The third-order valence-electron chi connectivity index (χ3n) is 5.88. The van der Waals surface area contributed by atoms with E-state index in [4.69, 9.17) is 23.2 Å². The van der Waals surface area contributed by atoms with Gasteiger partial charge in [-0.05, 0) is 50.8 Å². The number of piperazine rings is 1. The second-order valence-corrected chi connectivity index (χ2v) is 8.47. The molecule has 0 atom stereocenters. The van der Waals surface area contributed by atoms with Crippen LogP contribution in [-0.4, -0.2) is 68.2 Å². The van der Waals surface area contributed by atoms with Gasteiger partial charge >= 0.3 is 6.03 Å². The van der Waals surface area contributed by atoms with Crippen molar-refractivity contribution >= 4 is 34.9 Å². The van der Waals surface area contributed by atoms with Crippen molar-refractivity contribution < 1.29 is 4.79 Å². The molecule has 0 radical (unpaired) electrons. The van der Waals surface area contributed by atoms with Gasteiger partial charge in [-0.25, -0.2) is 4.79 Å². The smallest absolute Gasteiger partial charge is 0.317 e. The summed E-state index contributed by atoms with van der Waals surface area (Å²) in [7, 11) is 1.84. The number of hydrogen-bond donors (Lipinski definition) is 1. The molecule has 27 heavy (non-hydrogen) atoms. The van der Waals surface area contributed by atoms with Gasteiger partial charge in [0.15, 0.2) is 0 Å². The van der Waals surface area contributed by atoms with E-state index in [1.54, 1.807) is 4.90 Å². The summed E-state index contributed by atoms with van der Waals surface area (Å²) in [5.74, 6) is 0.739. The van der Waals surface area contributed by atoms with Crippen LogP contribution in [0.4, 0.5) is 10.5 Å². The van der Waals surface area contributed by atoms with Gasteiger partial charge in [0, 0.05) is 45.8 Å². The van der Waals surface area contributed by atoms with Crippen LogP contribution in [0.1, 0.15) is 26.2 Å². The van der Waals surface area contributed by atoms with Gasteiger partial charge in [-0.1, -0.05) is 29.3 Å². The maximum absolute atomic E-state index is 11.9. The highest BCUT2D eigenvalue weighted by Gasteiger charge is 2.31. The Kier molecular flexibility index (Phi) is 7.12. The van der Waals surface area contributed by atoms with Gasteiger partial charge in [0.25, 0.3) is 0 Å². The molecule has 5 nitrogen and oxygen atoms in total. The molecule has 1 aromatic rings. The topological polar surface area (TPSA) is 38.8 Å². The fourth-order valence-corrected chi connectivity index (χ4v) is 4.25. The first-order valence-corrected chi connectivity index (χ1v) is 10.7. The zero-order chi connectivity index (χ0) is 19.4. The van der Waals surface area contributed by atoms with E-state index >= 15 is 0 Å². The number of amides is 2. The number of anilines is 1. The van der Waals surface area contributed by atoms with E-state index in [1.165, 1.54) is 6.42 Å². The Balaban J connectivity index is 1.34. The molecule has 150 valence electrons. The van der Waals surface area contributed by atoms with Crippen LogP contribution in [0.2, 0.25) is 10.0 Å². The normalized spacial score (nSPS) is 23.0. The van der Waals surface area contributed by atoms with E-state index in [0.717, 1.165) is 63.7 Å². The average molecular weight is 413 g/mol. The van der Waals surface area contributed by atoms with Gasteiger partial charge in [0.05, 0.1) is 15.7 Å². The van der Waals surface area contributed by atoms with Crippen LogP contribution in [0.5, 0.6) is 0 Å². The lowest BCUT2D eigenvalue weighted by Crippen LogP contribution is -2.50. The molecule has 7 heteroatoms. The summed E-state index contributed by atoms with van der Waals surface area (Å²) < 4.78 is 0. The molecule has 1 aromatic carbocycles. The van der Waals surface area contributed by atoms with Gasteiger partial charge in [0.1, 0.15) is 0 Å². The summed E-state index contributed by atoms with van der Waals surface area (Å²) in [5, 5.41) is 4.39. The zero-order valence-electron chi connectivity index (χ0n) is 16.3. The van der Waals surface area contributed by atoms with Crippen LogP contribution in [0, 0.1) is 5.92 Å². The summed E-state index contributed by atoms with van der Waals surface area (Å²) >= 11 is 12.5. The van der Waals surface area contributed by atoms with Crippen molar-refractivity contribution in [2.24, 2.45) is 5.92 Å². The van der Waals surface area contributed by atoms with Crippen LogP contribution in [-0.2, 0) is 0 Å². The second kappa shape index (κ2) is 9.35. The summed E-state index contributed by atoms with van der Waals surface area (Å²) in [6, 6.07) is 6.25. The molecular formula is C20H30Cl2N4O. The Hall–Kier alpha value is -1.17. The Morgan fingerprint density at radius 1 is 1.22 bits per heavy atom. The number of nitrogens with zero attached hydrogens (tertiary/aromatic N) is 3. The second-order valence-electron chi connectivity index (χ2n) is 7.69. The minimum Gasteiger partial charge on any atom is -0.368 e. The van der Waals surface area contributed by atoms with Crippen LogP contribution >= 0.6 is 23.2 Å². The molecule has 1 saturated carbocycles. The van der Waals surface area contributed by atoms with Crippen molar-refractivity contribution in [1.82, 2.24) is 15.1 Å². The quantitative estimate of drug-likeness (QED) is 0.768. The van der Waals surface area contributed by atoms with Crippen LogP contribution in [0.15, 0.2) is 18.2 Å². The Bertz CT molecular complexity index is 643. The number of rotatable bonds is 6. The number of benzene rings is 1. The van der Waals surface area contributed by atoms with Gasteiger partial charge in [-0.3, -0.25) is 4.90 Å². The highest BCUT2D eigenvalue weighted by Crippen LogP contribution is 2.33. The lowest BCUT2D eigenvalue weighted by molar-refractivity contribution is 0.159. The molecule has 3 rings (SSSR count). The van der Waals surface area contributed by atoms with E-state index in [9.17, 15) is 4.79 Å². The molecule has 1 N–H and O–H groups in total. The molecule has 0 aromatic heterocycles. The molecule has 1 heterocycles. The Morgan fingerprint density at radius 3 is 2.59 bits per heavy atom. The molecular weight excluding hydrogens is 383 g/mol. The third kappa shape index (κ3) is 5.21. The number of carbonyl (C=O) groups excluding carboxylic acids is 1. The van der Waals surface area contributed by atoms with E-state index in [-0.39, 0.29) is 6.03 Å². The molecule has 2 amide bonds. The van der Waals surface area contributed by atoms with Crippen molar-refractivity contribution in [2.45, 2.75) is 32.2 Å². The summed E-state index contributed by atoms with van der Waals surface area (Å²) in [4.78, 5) is 18.4. The summed E-state index contributed by atoms with van der Waals surface area (Å²) in [6.45, 7) is 7.93. The van der Waals surface area contributed by atoms with Crippen LogP contribution < -0.4 is 10.2 Å². The maximum Gasteiger partial charge on any atom is 0.317 e. The minimum absolute atomic E-state index is 0.0525. The molecule has 2 fully saturated rings. The first-order chi connectivity index (χ1) is 13.0. The largest absolute Gasteiger partial charge is 0.368 e. The van der Waals surface area contributed by atoms with E-state index in [1.807, 2.05) is 32.2 Å². The first kappa shape index (κ1) is 20.6. The maximum atomic E-state index is 11.9. The molecule has 1 aliphatic carbocycles. The lowest BCUT2D eigenvalue weighted by atomic mass is 9.78. The highest BCUT2D eigenvalue weighted by atomic mass is 35.5. The number of carbonyl (C=O) groups is 1. The lowest BCUT2D eigenvalue weighted by Gasteiger charge is -2.40. The Morgan fingerprint density at radius 2 is 1.93 bits per heavy atom. The number of nitrogens with one attached hydrogen (secondary N) is 1. The first-order valence-electron chi connectivity index (χ1n) is 9.90. The SMILES string of the molecule is CCN(C)C(=O)NC1CC(CCN2CCN(c3cccc(Cl)c3Cl)CC2)C1. The van der Waals surface area contributed by atoms with E-state index in [0.29, 0.717) is 16.1 Å². The third-order valence-corrected chi connectivity index (χ3v) is 6.69.